The minimum Gasteiger partial charge on any atom is -0.490 e. The minimum absolute atomic E-state index is 0.00110. The summed E-state index contributed by atoms with van der Waals surface area (Å²) in [6.07, 6.45) is 9.56. The predicted molar refractivity (Wildman–Crippen MR) is 226 cm³/mol. The smallest absolute Gasteiger partial charge is 0.361 e. The highest BCUT2D eigenvalue weighted by Crippen LogP contribution is 2.63. The van der Waals surface area contributed by atoms with E-state index in [2.05, 4.69) is 29.5 Å². The third-order valence-corrected chi connectivity index (χ3v) is 11.5. The fourth-order valence-corrected chi connectivity index (χ4v) is 8.96. The van der Waals surface area contributed by atoms with Gasteiger partial charge in [0.05, 0.1) is 36.4 Å². The van der Waals surface area contributed by atoms with Crippen LogP contribution in [0.2, 0.25) is 0 Å². The van der Waals surface area contributed by atoms with E-state index in [4.69, 9.17) is 33.7 Å². The number of unbranched alkanes of at least 4 members (excludes halogenated alkanes) is 2. The van der Waals surface area contributed by atoms with Gasteiger partial charge in [-0.3, -0.25) is 10.1 Å². The van der Waals surface area contributed by atoms with Gasteiger partial charge in [-0.05, 0) is 92.8 Å². The number of aliphatic hydroxyl groups is 2. The molecule has 0 saturated heterocycles. The Bertz CT molecular complexity index is 2130. The third kappa shape index (κ3) is 9.59. The Morgan fingerprint density at radius 1 is 1.00 bits per heavy atom. The van der Waals surface area contributed by atoms with E-state index in [1.165, 1.54) is 16.8 Å². The zero-order chi connectivity index (χ0) is 44.2. The summed E-state index contributed by atoms with van der Waals surface area (Å²) in [5.41, 5.74) is 2.09. The summed E-state index contributed by atoms with van der Waals surface area (Å²) in [5.74, 6) is -3.39. The second-order valence-electron chi connectivity index (χ2n) is 15.2. The molecule has 6 rings (SSSR count). The van der Waals surface area contributed by atoms with Crippen molar-refractivity contribution in [1.29, 1.82) is 0 Å². The highest BCUT2D eigenvalue weighted by atomic mass is 16.7. The maximum atomic E-state index is 13.9. The lowest BCUT2D eigenvalue weighted by atomic mass is 9.55. The van der Waals surface area contributed by atoms with Crippen molar-refractivity contribution in [3.63, 3.8) is 0 Å². The van der Waals surface area contributed by atoms with Gasteiger partial charge in [0.2, 0.25) is 11.5 Å². The number of carbonyl (C=O) groups excluding carboxylic acids is 2. The molecule has 62 heavy (non-hydrogen) atoms. The molecule has 17 nitrogen and oxygen atoms in total. The van der Waals surface area contributed by atoms with E-state index in [9.17, 15) is 29.9 Å². The van der Waals surface area contributed by atoms with Crippen LogP contribution in [-0.4, -0.2) is 93.2 Å². The Kier molecular flexibility index (Phi) is 15.6. The van der Waals surface area contributed by atoms with Crippen molar-refractivity contribution in [1.82, 2.24) is 15.0 Å². The molecule has 0 spiro atoms. The minimum atomic E-state index is -1.65. The lowest BCUT2D eigenvalue weighted by Gasteiger charge is -2.58. The second-order valence-corrected chi connectivity index (χ2v) is 15.2. The van der Waals surface area contributed by atoms with Crippen LogP contribution in [0.15, 0.2) is 84.6 Å². The first-order chi connectivity index (χ1) is 30.2. The topological polar surface area (TPSA) is 216 Å². The standard InChI is InChI=1S/C45H55N5O12/c1-5-23-59-32-19-20-37-35(26-32)39-33(14-10-12-22-52)30(13-9-11-21-51)25-34-36(47-61-28-29-15-17-31(18-16-29)50(55)56)27-38(45(62-37,40(34)39)60-24-6-2)49-42(44(54)58-8-4)41(46-48-49)43(53)57-7-3/h5-6,15-20,25-26,30,33,38-40,51-52H,1-2,7-14,21-24,27-28H2,3-4H3/t30-,33+,38-,39+,40+,45+/m0/s1. The molecule has 2 aliphatic carbocycles. The number of hydrogen-bond acceptors (Lipinski definition) is 15. The van der Waals surface area contributed by atoms with Crippen molar-refractivity contribution >= 4 is 23.3 Å². The van der Waals surface area contributed by atoms with Gasteiger partial charge >= 0.3 is 11.9 Å². The molecule has 0 bridgehead atoms. The van der Waals surface area contributed by atoms with Gasteiger partial charge in [-0.2, -0.15) is 0 Å². The van der Waals surface area contributed by atoms with Crippen LogP contribution in [0.1, 0.15) is 103 Å². The quantitative estimate of drug-likeness (QED) is 0.0329. The lowest BCUT2D eigenvalue weighted by molar-refractivity contribution is -0.384. The molecule has 0 radical (unpaired) electrons. The van der Waals surface area contributed by atoms with Crippen LogP contribution in [0.3, 0.4) is 0 Å². The van der Waals surface area contributed by atoms with Crippen LogP contribution in [0.4, 0.5) is 5.69 Å². The number of nitro groups is 1. The van der Waals surface area contributed by atoms with E-state index < -0.39 is 34.6 Å². The average Bonchev–Trinajstić information content (AvgIpc) is 3.72. The molecule has 2 aromatic carbocycles. The van der Waals surface area contributed by atoms with E-state index in [1.807, 2.05) is 12.1 Å². The van der Waals surface area contributed by atoms with Crippen LogP contribution in [0, 0.1) is 27.9 Å². The summed E-state index contributed by atoms with van der Waals surface area (Å²) in [4.78, 5) is 44.3. The SMILES string of the molecule is C=CCOc1ccc2c(c1)[C@H]1[C@H](CCCCO)[C@@H](CCCCO)C=C3C(=NOCc4ccc([N+](=O)[O-])cc4)C[C@H](n4nnc(C(=O)OCC)c4C(=O)OCC)[C@@](OCC=C)(O2)[C@H]31. The molecule has 1 aromatic heterocycles. The Labute approximate surface area is 360 Å². The van der Waals surface area contributed by atoms with Gasteiger partial charge in [-0.1, -0.05) is 48.0 Å². The van der Waals surface area contributed by atoms with Crippen molar-refractivity contribution in [2.75, 3.05) is 39.6 Å². The number of benzene rings is 2. The van der Waals surface area contributed by atoms with E-state index in [0.717, 1.165) is 30.4 Å². The van der Waals surface area contributed by atoms with Gasteiger partial charge in [0, 0.05) is 43.2 Å². The normalized spacial score (nSPS) is 22.9. The number of esters is 2. The molecule has 332 valence electrons. The maximum Gasteiger partial charge on any atom is 0.361 e. The highest BCUT2D eigenvalue weighted by molar-refractivity contribution is 6.03. The molecular formula is C45H55N5O12. The van der Waals surface area contributed by atoms with Gasteiger partial charge in [-0.15, -0.1) is 11.7 Å². The molecule has 2 N–H and O–H groups in total. The first kappa shape index (κ1) is 45.6. The molecule has 1 fully saturated rings. The number of fused-ring (bicyclic) bond motifs is 2. The zero-order valence-corrected chi connectivity index (χ0v) is 35.2. The molecule has 0 unspecified atom stereocenters. The van der Waals surface area contributed by atoms with Crippen LogP contribution in [-0.2, 0) is 25.7 Å². The monoisotopic (exact) mass is 857 g/mol. The molecule has 1 saturated carbocycles. The van der Waals surface area contributed by atoms with Crippen molar-refractivity contribution in [2.24, 2.45) is 22.9 Å². The third-order valence-electron chi connectivity index (χ3n) is 11.5. The summed E-state index contributed by atoms with van der Waals surface area (Å²) in [5, 5.41) is 44.5. The predicted octanol–water partition coefficient (Wildman–Crippen LogP) is 6.81. The van der Waals surface area contributed by atoms with Crippen molar-refractivity contribution in [3.05, 3.63) is 112 Å². The van der Waals surface area contributed by atoms with Crippen molar-refractivity contribution in [3.8, 4) is 11.5 Å². The van der Waals surface area contributed by atoms with Crippen LogP contribution in [0.5, 0.6) is 11.5 Å². The summed E-state index contributed by atoms with van der Waals surface area (Å²) < 4.78 is 32.3. The van der Waals surface area contributed by atoms with Gasteiger partial charge in [0.1, 0.15) is 30.8 Å². The number of aliphatic hydroxyl groups excluding tert-OH is 2. The number of nitro benzene ring substituents is 1. The van der Waals surface area contributed by atoms with Gasteiger partial charge in [0.15, 0.2) is 5.69 Å². The summed E-state index contributed by atoms with van der Waals surface area (Å²) in [7, 11) is 0. The molecule has 2 heterocycles. The molecule has 6 atom stereocenters. The number of rotatable bonds is 23. The van der Waals surface area contributed by atoms with Gasteiger partial charge < -0.3 is 38.7 Å². The number of aromatic nitrogens is 3. The van der Waals surface area contributed by atoms with Crippen LogP contribution >= 0.6 is 0 Å². The lowest BCUT2D eigenvalue weighted by Crippen LogP contribution is -2.63. The number of ether oxygens (including phenoxy) is 5. The number of allylic oxidation sites excluding steroid dienone is 1. The molecule has 1 aliphatic heterocycles. The number of nitrogens with zero attached hydrogens (tertiary/aromatic N) is 5. The zero-order valence-electron chi connectivity index (χ0n) is 35.2. The van der Waals surface area contributed by atoms with Crippen LogP contribution < -0.4 is 9.47 Å². The van der Waals surface area contributed by atoms with E-state index in [1.54, 1.807) is 44.2 Å². The maximum absolute atomic E-state index is 13.9. The van der Waals surface area contributed by atoms with E-state index in [-0.39, 0.29) is 87.5 Å². The Morgan fingerprint density at radius 3 is 2.39 bits per heavy atom. The van der Waals surface area contributed by atoms with Gasteiger partial charge in [0.25, 0.3) is 5.69 Å². The van der Waals surface area contributed by atoms with Crippen molar-refractivity contribution in [2.45, 2.75) is 83.1 Å². The summed E-state index contributed by atoms with van der Waals surface area (Å²) in [6.45, 7) is 11.4. The van der Waals surface area contributed by atoms with E-state index >= 15 is 0 Å². The largest absolute Gasteiger partial charge is 0.490 e. The first-order valence-electron chi connectivity index (χ1n) is 21.1. The van der Waals surface area contributed by atoms with Crippen LogP contribution in [0.25, 0.3) is 0 Å². The highest BCUT2D eigenvalue weighted by Gasteiger charge is 2.65. The fourth-order valence-electron chi connectivity index (χ4n) is 8.96. The molecular weight excluding hydrogens is 803 g/mol. The number of oxime groups is 1. The second kappa shape index (κ2) is 21.3. The summed E-state index contributed by atoms with van der Waals surface area (Å²) in [6, 6.07) is 10.5. The Balaban J connectivity index is 1.62. The Hall–Kier alpha value is -5.91. The fraction of sp³-hybridized carbons (Fsp3) is 0.489. The molecule has 17 heteroatoms. The van der Waals surface area contributed by atoms with Gasteiger partial charge in [-0.25, -0.2) is 14.3 Å². The first-order valence-corrected chi connectivity index (χ1v) is 21.1. The average molecular weight is 858 g/mol. The summed E-state index contributed by atoms with van der Waals surface area (Å²) >= 11 is 0. The number of carbonyl (C=O) groups is 2. The molecule has 3 aliphatic rings. The van der Waals surface area contributed by atoms with Crippen molar-refractivity contribution < 1.29 is 53.2 Å². The molecule has 3 aromatic rings. The van der Waals surface area contributed by atoms with E-state index in [0.29, 0.717) is 42.0 Å². The molecule has 0 amide bonds. The number of hydrogen-bond donors (Lipinski definition) is 2. The Morgan fingerprint density at radius 2 is 1.71 bits per heavy atom. The number of non-ortho nitro benzene ring substituents is 1.